The molecule has 0 N–H and O–H groups in total. The van der Waals surface area contributed by atoms with Crippen LogP contribution in [-0.4, -0.2) is 72.6 Å². The lowest BCUT2D eigenvalue weighted by Gasteiger charge is -2.18. The smallest absolute Gasteiger partial charge is 0.414 e. The van der Waals surface area contributed by atoms with Crippen LogP contribution in [0.3, 0.4) is 0 Å². The minimum absolute atomic E-state index is 0.0537. The molecular weight excluding hydrogens is 424 g/mol. The van der Waals surface area contributed by atoms with Crippen molar-refractivity contribution >= 4 is 39.8 Å². The summed E-state index contributed by atoms with van der Waals surface area (Å²) in [7, 11) is 4.81. The van der Waals surface area contributed by atoms with Crippen LogP contribution in [0, 0.1) is 5.92 Å². The lowest BCUT2D eigenvalue weighted by Crippen LogP contribution is -2.32. The molecule has 0 bridgehead atoms. The molecule has 1 amide bonds. The Morgan fingerprint density at radius 3 is 2.67 bits per heavy atom. The van der Waals surface area contributed by atoms with E-state index in [1.807, 2.05) is 19.1 Å². The zero-order valence-corrected chi connectivity index (χ0v) is 20.0. The van der Waals surface area contributed by atoms with Crippen molar-refractivity contribution in [3.8, 4) is 11.5 Å². The summed E-state index contributed by atoms with van der Waals surface area (Å²) in [6.07, 6.45) is -0.519. The summed E-state index contributed by atoms with van der Waals surface area (Å²) in [6, 6.07) is 5.38. The molecule has 2 rings (SSSR count). The number of thioether (sulfide) groups is 2. The summed E-state index contributed by atoms with van der Waals surface area (Å²) in [5.74, 6) is 2.46. The molecule has 1 aromatic rings. The molecule has 30 heavy (non-hydrogen) atoms. The monoisotopic (exact) mass is 454 g/mol. The van der Waals surface area contributed by atoms with Gasteiger partial charge in [-0.3, -0.25) is 9.79 Å². The van der Waals surface area contributed by atoms with Crippen LogP contribution >= 0.6 is 23.5 Å². The van der Waals surface area contributed by atoms with Gasteiger partial charge in [0.2, 0.25) is 5.12 Å². The van der Waals surface area contributed by atoms with Crippen molar-refractivity contribution in [2.24, 2.45) is 10.9 Å². The highest BCUT2D eigenvalue weighted by molar-refractivity contribution is 8.16. The fraction of sp³-hybridized carbons (Fsp3) is 0.571. The normalized spacial score (nSPS) is 18.3. The van der Waals surface area contributed by atoms with Crippen LogP contribution < -0.4 is 9.47 Å². The maximum atomic E-state index is 12.8. The van der Waals surface area contributed by atoms with E-state index in [1.54, 1.807) is 27.3 Å². The molecule has 7 nitrogen and oxygen atoms in total. The Kier molecular flexibility index (Phi) is 9.06. The van der Waals surface area contributed by atoms with Crippen LogP contribution in [0.2, 0.25) is 0 Å². The van der Waals surface area contributed by atoms with Crippen molar-refractivity contribution in [2.45, 2.75) is 26.3 Å². The Morgan fingerprint density at radius 1 is 1.30 bits per heavy atom. The van der Waals surface area contributed by atoms with Crippen LogP contribution in [0.25, 0.3) is 0 Å². The molecule has 1 heterocycles. The van der Waals surface area contributed by atoms with Crippen molar-refractivity contribution in [3.63, 3.8) is 0 Å². The molecular formula is C21H30N2O5S2. The van der Waals surface area contributed by atoms with Gasteiger partial charge >= 0.3 is 6.09 Å². The Hall–Kier alpha value is -1.71. The molecule has 0 saturated carbocycles. The van der Waals surface area contributed by atoms with E-state index in [0.717, 1.165) is 5.75 Å². The van der Waals surface area contributed by atoms with Crippen LogP contribution in [-0.2, 0) is 9.53 Å². The van der Waals surface area contributed by atoms with Crippen LogP contribution in [0.1, 0.15) is 26.3 Å². The SMILES string of the molecule is COCCOc1cccc(C2=N[C@@](C)(C(=O)SCC(C)C)CS2)c1OC(=O)N(C)C. The van der Waals surface area contributed by atoms with Crippen molar-refractivity contribution in [1.82, 2.24) is 4.90 Å². The number of para-hydroxylation sites is 1. The van der Waals surface area contributed by atoms with Crippen molar-refractivity contribution in [1.29, 1.82) is 0 Å². The van der Waals surface area contributed by atoms with Gasteiger partial charge in [-0.2, -0.15) is 0 Å². The standard InChI is InChI=1S/C21H30N2O5S2/c1-14(2)12-29-19(24)21(3)13-30-18(22-21)15-8-7-9-16(27-11-10-26-6)17(15)28-20(25)23(4)5/h7-9,14H,10-13H2,1-6H3/t21-/m1/s1. The van der Waals surface area contributed by atoms with Gasteiger partial charge in [0.1, 0.15) is 17.2 Å². The summed E-state index contributed by atoms with van der Waals surface area (Å²) >= 11 is 2.81. The maximum absolute atomic E-state index is 12.8. The van der Waals surface area contributed by atoms with Gasteiger partial charge in [0.15, 0.2) is 11.5 Å². The Bertz CT molecular complexity index is 798. The van der Waals surface area contributed by atoms with Gasteiger partial charge < -0.3 is 19.1 Å². The molecule has 0 radical (unpaired) electrons. The number of hydrogen-bond donors (Lipinski definition) is 0. The van der Waals surface area contributed by atoms with E-state index < -0.39 is 11.6 Å². The first kappa shape index (κ1) is 24.6. The minimum Gasteiger partial charge on any atom is -0.487 e. The van der Waals surface area contributed by atoms with E-state index in [4.69, 9.17) is 19.2 Å². The predicted molar refractivity (Wildman–Crippen MR) is 123 cm³/mol. The molecule has 0 unspecified atom stereocenters. The molecule has 1 aliphatic rings. The van der Waals surface area contributed by atoms with Gasteiger partial charge in [0.25, 0.3) is 0 Å². The number of hydrogen-bond acceptors (Lipinski definition) is 8. The number of nitrogens with zero attached hydrogens (tertiary/aromatic N) is 2. The van der Waals surface area contributed by atoms with Gasteiger partial charge in [-0.15, -0.1) is 11.8 Å². The lowest BCUT2D eigenvalue weighted by atomic mass is 10.1. The highest BCUT2D eigenvalue weighted by atomic mass is 32.2. The summed E-state index contributed by atoms with van der Waals surface area (Å²) in [5.41, 5.74) is -0.175. The summed E-state index contributed by atoms with van der Waals surface area (Å²) in [4.78, 5) is 31.1. The molecule has 1 aromatic carbocycles. The third-order valence-electron chi connectivity index (χ3n) is 4.13. The van der Waals surface area contributed by atoms with Crippen LogP contribution in [0.15, 0.2) is 23.2 Å². The first-order chi connectivity index (χ1) is 14.2. The predicted octanol–water partition coefficient (Wildman–Crippen LogP) is 3.94. The second-order valence-electron chi connectivity index (χ2n) is 7.71. The van der Waals surface area contributed by atoms with Crippen molar-refractivity contribution < 1.29 is 23.8 Å². The van der Waals surface area contributed by atoms with Crippen LogP contribution in [0.4, 0.5) is 4.79 Å². The van der Waals surface area contributed by atoms with E-state index in [9.17, 15) is 9.59 Å². The summed E-state index contributed by atoms with van der Waals surface area (Å²) in [6.45, 7) is 6.74. The van der Waals surface area contributed by atoms with Gasteiger partial charge in [-0.1, -0.05) is 31.7 Å². The van der Waals surface area contributed by atoms with E-state index in [0.29, 0.717) is 47.0 Å². The third kappa shape index (κ3) is 6.39. The molecule has 0 fully saturated rings. The largest absolute Gasteiger partial charge is 0.487 e. The Labute approximate surface area is 186 Å². The van der Waals surface area contributed by atoms with E-state index >= 15 is 0 Å². The van der Waals surface area contributed by atoms with Gasteiger partial charge in [-0.25, -0.2) is 4.79 Å². The molecule has 1 atom stereocenters. The molecule has 1 aliphatic heterocycles. The van der Waals surface area contributed by atoms with Crippen molar-refractivity contribution in [2.75, 3.05) is 45.9 Å². The Balaban J connectivity index is 2.36. The average Bonchev–Trinajstić information content (AvgIpc) is 3.10. The molecule has 0 spiro atoms. The minimum atomic E-state index is -0.810. The Morgan fingerprint density at radius 2 is 2.03 bits per heavy atom. The quantitative estimate of drug-likeness (QED) is 0.523. The summed E-state index contributed by atoms with van der Waals surface area (Å²) in [5, 5.41) is 0.716. The molecule has 0 saturated heterocycles. The van der Waals surface area contributed by atoms with Gasteiger partial charge in [0, 0.05) is 32.7 Å². The number of benzene rings is 1. The second-order valence-corrected chi connectivity index (χ2v) is 9.67. The number of aliphatic imine (C=N–C) groups is 1. The van der Waals surface area contributed by atoms with E-state index in [2.05, 4.69) is 13.8 Å². The van der Waals surface area contributed by atoms with Crippen molar-refractivity contribution in [3.05, 3.63) is 23.8 Å². The molecule has 166 valence electrons. The zero-order valence-electron chi connectivity index (χ0n) is 18.4. The van der Waals surface area contributed by atoms with Gasteiger partial charge in [0.05, 0.1) is 12.2 Å². The lowest BCUT2D eigenvalue weighted by molar-refractivity contribution is -0.114. The van der Waals surface area contributed by atoms with Crippen LogP contribution in [0.5, 0.6) is 11.5 Å². The fourth-order valence-corrected chi connectivity index (χ4v) is 4.66. The summed E-state index contributed by atoms with van der Waals surface area (Å²) < 4.78 is 16.4. The third-order valence-corrected chi connectivity index (χ3v) is 6.96. The second kappa shape index (κ2) is 11.1. The molecule has 9 heteroatoms. The van der Waals surface area contributed by atoms with Gasteiger partial charge in [-0.05, 0) is 25.0 Å². The number of carbonyl (C=O) groups is 2. The van der Waals surface area contributed by atoms with E-state index in [-0.39, 0.29) is 5.12 Å². The first-order valence-electron chi connectivity index (χ1n) is 9.72. The van der Waals surface area contributed by atoms with E-state index in [1.165, 1.54) is 28.4 Å². The number of carbonyl (C=O) groups excluding carboxylic acids is 2. The highest BCUT2D eigenvalue weighted by Crippen LogP contribution is 2.40. The maximum Gasteiger partial charge on any atom is 0.414 e. The first-order valence-corrected chi connectivity index (χ1v) is 11.7. The highest BCUT2D eigenvalue weighted by Gasteiger charge is 2.39. The number of ether oxygens (including phenoxy) is 3. The zero-order chi connectivity index (χ0) is 22.3. The number of rotatable bonds is 9. The molecule has 0 aromatic heterocycles. The molecule has 0 aliphatic carbocycles. The number of methoxy groups -OCH3 is 1. The topological polar surface area (TPSA) is 77.4 Å². The number of amides is 1. The average molecular weight is 455 g/mol. The fourth-order valence-electron chi connectivity index (χ4n) is 2.45.